The van der Waals surface area contributed by atoms with Crippen LogP contribution < -0.4 is 10.2 Å². The fourth-order valence-electron chi connectivity index (χ4n) is 4.74. The van der Waals surface area contributed by atoms with Gasteiger partial charge in [-0.25, -0.2) is 8.42 Å². The SMILES string of the molecule is Cc1ccc(S(=O)(=O)N2CCC(C(=O)NCCCN3CCN(c4ccccc4)CC3)CC2)cc1. The number of benzene rings is 2. The number of hydrogen-bond acceptors (Lipinski definition) is 5. The molecule has 0 bridgehead atoms. The molecule has 2 aliphatic rings. The second kappa shape index (κ2) is 11.3. The van der Waals surface area contributed by atoms with Crippen LogP contribution >= 0.6 is 0 Å². The highest BCUT2D eigenvalue weighted by atomic mass is 32.2. The Hall–Kier alpha value is -2.42. The lowest BCUT2D eigenvalue weighted by Crippen LogP contribution is -2.47. The molecule has 2 aromatic carbocycles. The van der Waals surface area contributed by atoms with Crippen LogP contribution in [0.2, 0.25) is 0 Å². The number of nitrogens with one attached hydrogen (secondary N) is 1. The minimum absolute atomic E-state index is 0.0567. The maximum absolute atomic E-state index is 12.9. The average molecular weight is 485 g/mol. The van der Waals surface area contributed by atoms with Gasteiger partial charge in [0.1, 0.15) is 0 Å². The molecule has 1 amide bonds. The van der Waals surface area contributed by atoms with Crippen LogP contribution in [0.1, 0.15) is 24.8 Å². The van der Waals surface area contributed by atoms with E-state index in [0.717, 1.165) is 44.7 Å². The van der Waals surface area contributed by atoms with Gasteiger partial charge in [-0.15, -0.1) is 0 Å². The Labute approximate surface area is 203 Å². The first-order valence-corrected chi connectivity index (χ1v) is 13.7. The van der Waals surface area contributed by atoms with E-state index in [1.54, 1.807) is 12.1 Å². The van der Waals surface area contributed by atoms with E-state index in [-0.39, 0.29) is 11.8 Å². The Morgan fingerprint density at radius 3 is 2.21 bits per heavy atom. The van der Waals surface area contributed by atoms with Crippen molar-refractivity contribution in [2.24, 2.45) is 5.92 Å². The smallest absolute Gasteiger partial charge is 0.243 e. The van der Waals surface area contributed by atoms with Crippen molar-refractivity contribution < 1.29 is 13.2 Å². The van der Waals surface area contributed by atoms with Gasteiger partial charge in [0.25, 0.3) is 0 Å². The fraction of sp³-hybridized carbons (Fsp3) is 0.500. The number of rotatable bonds is 8. The summed E-state index contributed by atoms with van der Waals surface area (Å²) >= 11 is 0. The number of nitrogens with zero attached hydrogens (tertiary/aromatic N) is 3. The topological polar surface area (TPSA) is 73.0 Å². The summed E-state index contributed by atoms with van der Waals surface area (Å²) in [5, 5.41) is 3.07. The first kappa shape index (κ1) is 24.7. The van der Waals surface area contributed by atoms with Crippen LogP contribution in [0.15, 0.2) is 59.5 Å². The molecule has 2 heterocycles. The standard InChI is InChI=1S/C26H36N4O3S/c1-22-8-10-25(11-9-22)34(32,33)30-16-12-23(13-17-30)26(31)27-14-5-15-28-18-20-29(21-19-28)24-6-3-2-4-7-24/h2-4,6-11,23H,5,12-21H2,1H3,(H,27,31). The van der Waals surface area contributed by atoms with E-state index in [0.29, 0.717) is 37.4 Å². The minimum atomic E-state index is -3.49. The van der Waals surface area contributed by atoms with Crippen LogP contribution in [0.25, 0.3) is 0 Å². The monoisotopic (exact) mass is 484 g/mol. The lowest BCUT2D eigenvalue weighted by molar-refractivity contribution is -0.126. The van der Waals surface area contributed by atoms with Crippen molar-refractivity contribution in [2.75, 3.05) is 57.3 Å². The molecule has 0 aliphatic carbocycles. The average Bonchev–Trinajstić information content (AvgIpc) is 2.88. The Kier molecular flexibility index (Phi) is 8.24. The summed E-state index contributed by atoms with van der Waals surface area (Å²) in [6.45, 7) is 8.50. The van der Waals surface area contributed by atoms with Gasteiger partial charge in [-0.1, -0.05) is 35.9 Å². The summed E-state index contributed by atoms with van der Waals surface area (Å²) < 4.78 is 27.2. The van der Waals surface area contributed by atoms with E-state index in [9.17, 15) is 13.2 Å². The van der Waals surface area contributed by atoms with Crippen molar-refractivity contribution in [1.29, 1.82) is 0 Å². The lowest BCUT2D eigenvalue weighted by Gasteiger charge is -2.36. The molecule has 2 aliphatic heterocycles. The molecule has 184 valence electrons. The van der Waals surface area contributed by atoms with Gasteiger partial charge in [0.15, 0.2) is 0 Å². The molecule has 2 saturated heterocycles. The number of aryl methyl sites for hydroxylation is 1. The Bertz CT molecular complexity index is 1030. The molecule has 0 aromatic heterocycles. The molecule has 0 radical (unpaired) electrons. The number of hydrogen-bond donors (Lipinski definition) is 1. The second-order valence-corrected chi connectivity index (χ2v) is 11.2. The Morgan fingerprint density at radius 2 is 1.56 bits per heavy atom. The molecule has 4 rings (SSSR count). The zero-order chi connectivity index (χ0) is 24.0. The van der Waals surface area contributed by atoms with Crippen LogP contribution in [0.4, 0.5) is 5.69 Å². The Balaban J connectivity index is 1.13. The summed E-state index contributed by atoms with van der Waals surface area (Å²) in [6, 6.07) is 17.5. The highest BCUT2D eigenvalue weighted by molar-refractivity contribution is 7.89. The quantitative estimate of drug-likeness (QED) is 0.584. The van der Waals surface area contributed by atoms with Gasteiger partial charge >= 0.3 is 0 Å². The number of carbonyl (C=O) groups excluding carboxylic acids is 1. The highest BCUT2D eigenvalue weighted by Crippen LogP contribution is 2.24. The van der Waals surface area contributed by atoms with Gasteiger partial charge in [-0.2, -0.15) is 4.31 Å². The fourth-order valence-corrected chi connectivity index (χ4v) is 6.21. The summed E-state index contributed by atoms with van der Waals surface area (Å²) in [6.07, 6.45) is 2.06. The predicted molar refractivity (Wildman–Crippen MR) is 135 cm³/mol. The van der Waals surface area contributed by atoms with Gasteiger partial charge < -0.3 is 10.2 Å². The second-order valence-electron chi connectivity index (χ2n) is 9.30. The van der Waals surface area contributed by atoms with Gasteiger partial charge in [-0.3, -0.25) is 9.69 Å². The molecular formula is C26H36N4O3S. The largest absolute Gasteiger partial charge is 0.369 e. The third-order valence-electron chi connectivity index (χ3n) is 6.93. The van der Waals surface area contributed by atoms with Crippen molar-refractivity contribution in [1.82, 2.24) is 14.5 Å². The van der Waals surface area contributed by atoms with Gasteiger partial charge in [-0.05, 0) is 57.0 Å². The van der Waals surface area contributed by atoms with Crippen LogP contribution in [0.5, 0.6) is 0 Å². The molecule has 0 unspecified atom stereocenters. The predicted octanol–water partition coefficient (Wildman–Crippen LogP) is 2.72. The van der Waals surface area contributed by atoms with Crippen LogP contribution in [-0.4, -0.2) is 75.9 Å². The molecule has 1 N–H and O–H groups in total. The molecule has 0 spiro atoms. The number of carbonyl (C=O) groups is 1. The minimum Gasteiger partial charge on any atom is -0.369 e. The molecule has 8 heteroatoms. The number of para-hydroxylation sites is 1. The molecule has 7 nitrogen and oxygen atoms in total. The van der Waals surface area contributed by atoms with E-state index >= 15 is 0 Å². The summed E-state index contributed by atoms with van der Waals surface area (Å²) in [4.78, 5) is 17.8. The number of piperidine rings is 1. The number of piperazine rings is 1. The summed E-state index contributed by atoms with van der Waals surface area (Å²) in [5.41, 5.74) is 2.32. The molecule has 0 saturated carbocycles. The van der Waals surface area contributed by atoms with Gasteiger partial charge in [0, 0.05) is 57.4 Å². The Morgan fingerprint density at radius 1 is 0.912 bits per heavy atom. The normalized spacial score (nSPS) is 18.7. The van der Waals surface area contributed by atoms with Gasteiger partial charge in [0.05, 0.1) is 4.90 Å². The maximum atomic E-state index is 12.9. The van der Waals surface area contributed by atoms with E-state index in [1.165, 1.54) is 9.99 Å². The summed E-state index contributed by atoms with van der Waals surface area (Å²) in [5.74, 6) is -0.0554. The lowest BCUT2D eigenvalue weighted by atomic mass is 9.97. The first-order valence-electron chi connectivity index (χ1n) is 12.3. The van der Waals surface area contributed by atoms with Crippen molar-refractivity contribution in [3.63, 3.8) is 0 Å². The van der Waals surface area contributed by atoms with Crippen LogP contribution in [-0.2, 0) is 14.8 Å². The third kappa shape index (κ3) is 6.17. The number of sulfonamides is 1. The number of anilines is 1. The molecular weight excluding hydrogens is 448 g/mol. The van der Waals surface area contributed by atoms with Crippen molar-refractivity contribution >= 4 is 21.6 Å². The molecule has 2 fully saturated rings. The van der Waals surface area contributed by atoms with E-state index in [2.05, 4.69) is 39.4 Å². The highest BCUT2D eigenvalue weighted by Gasteiger charge is 2.32. The molecule has 34 heavy (non-hydrogen) atoms. The van der Waals surface area contributed by atoms with E-state index in [4.69, 9.17) is 0 Å². The van der Waals surface area contributed by atoms with Crippen molar-refractivity contribution in [2.45, 2.75) is 31.1 Å². The number of amides is 1. The van der Waals surface area contributed by atoms with Crippen LogP contribution in [0.3, 0.4) is 0 Å². The van der Waals surface area contributed by atoms with Crippen molar-refractivity contribution in [3.8, 4) is 0 Å². The third-order valence-corrected chi connectivity index (χ3v) is 8.84. The maximum Gasteiger partial charge on any atom is 0.243 e. The zero-order valence-electron chi connectivity index (χ0n) is 20.0. The summed E-state index contributed by atoms with van der Waals surface area (Å²) in [7, 11) is -3.49. The van der Waals surface area contributed by atoms with Crippen LogP contribution in [0, 0.1) is 12.8 Å². The van der Waals surface area contributed by atoms with Crippen molar-refractivity contribution in [3.05, 3.63) is 60.2 Å². The van der Waals surface area contributed by atoms with E-state index < -0.39 is 10.0 Å². The molecule has 2 aromatic rings. The van der Waals surface area contributed by atoms with Gasteiger partial charge in [0.2, 0.25) is 15.9 Å². The molecule has 0 atom stereocenters. The first-order chi connectivity index (χ1) is 16.4. The zero-order valence-corrected chi connectivity index (χ0v) is 20.8. The van der Waals surface area contributed by atoms with E-state index in [1.807, 2.05) is 25.1 Å².